The normalized spacial score (nSPS) is 15.9. The van der Waals surface area contributed by atoms with E-state index in [0.717, 1.165) is 65.5 Å². The molecule has 2 atom stereocenters. The summed E-state index contributed by atoms with van der Waals surface area (Å²) in [6.07, 6.45) is 0.781. The summed E-state index contributed by atoms with van der Waals surface area (Å²) in [6.45, 7) is 10.6. The Kier molecular flexibility index (Phi) is 11.9. The fourth-order valence-corrected chi connectivity index (χ4v) is 5.57. The zero-order valence-electron chi connectivity index (χ0n) is 11.4. The van der Waals surface area contributed by atoms with Crippen LogP contribution < -0.4 is 0 Å². The van der Waals surface area contributed by atoms with E-state index in [4.69, 9.17) is 9.47 Å². The summed E-state index contributed by atoms with van der Waals surface area (Å²) in [6, 6.07) is 0. The summed E-state index contributed by atoms with van der Waals surface area (Å²) in [5.74, 6) is 1.26. The first-order valence-corrected chi connectivity index (χ1v) is 14.1. The molecule has 0 aliphatic heterocycles. The van der Waals surface area contributed by atoms with E-state index in [1.165, 1.54) is 7.86 Å². The number of rotatable bonds is 9. The molecule has 4 heteroatoms. The first-order chi connectivity index (χ1) is 7.51. The van der Waals surface area contributed by atoms with Gasteiger partial charge >= 0.3 is 135 Å². The molecule has 0 radical (unpaired) electrons. The van der Waals surface area contributed by atoms with Crippen LogP contribution in [0.3, 0.4) is 0 Å². The molecule has 0 spiro atoms. The van der Waals surface area contributed by atoms with Gasteiger partial charge in [-0.15, -0.1) is 0 Å². The van der Waals surface area contributed by atoms with Crippen molar-refractivity contribution in [1.29, 1.82) is 0 Å². The summed E-state index contributed by atoms with van der Waals surface area (Å²) >= 11 is 1.62. The molecular formula is C12H24Hg2O2. The third kappa shape index (κ3) is 8.82. The van der Waals surface area contributed by atoms with Crippen molar-refractivity contribution in [2.24, 2.45) is 11.8 Å². The van der Waals surface area contributed by atoms with E-state index in [9.17, 15) is 0 Å². The van der Waals surface area contributed by atoms with Gasteiger partial charge in [-0.05, 0) is 0 Å². The molecule has 0 aromatic carbocycles. The van der Waals surface area contributed by atoms with E-state index in [2.05, 4.69) is 27.7 Å². The quantitative estimate of drug-likeness (QED) is 0.379. The molecule has 0 heterocycles. The zero-order chi connectivity index (χ0) is 12.6. The van der Waals surface area contributed by atoms with E-state index in [0.29, 0.717) is 24.0 Å². The van der Waals surface area contributed by atoms with Crippen LogP contribution in [0.4, 0.5) is 0 Å². The molecule has 0 amide bonds. The average molecular weight is 602 g/mol. The van der Waals surface area contributed by atoms with E-state index in [1.54, 1.807) is 0 Å². The molecule has 2 nitrogen and oxygen atoms in total. The van der Waals surface area contributed by atoms with E-state index >= 15 is 0 Å². The molecule has 16 heavy (non-hydrogen) atoms. The fourth-order valence-electron chi connectivity index (χ4n) is 1.39. The molecule has 88 valence electrons. The van der Waals surface area contributed by atoms with Gasteiger partial charge in [0.1, 0.15) is 0 Å². The first kappa shape index (κ1) is 17.8. The summed E-state index contributed by atoms with van der Waals surface area (Å²) in [7, 11) is 0. The van der Waals surface area contributed by atoms with Crippen molar-refractivity contribution in [2.45, 2.75) is 47.8 Å². The Balaban J connectivity index is 4.05. The van der Waals surface area contributed by atoms with Gasteiger partial charge in [0, 0.05) is 0 Å². The zero-order valence-corrected chi connectivity index (χ0v) is 22.4. The average Bonchev–Trinajstić information content (AvgIpc) is 2.22. The van der Waals surface area contributed by atoms with Crippen LogP contribution >= 0.6 is 0 Å². The van der Waals surface area contributed by atoms with E-state index in [-0.39, 0.29) is 0 Å². The van der Waals surface area contributed by atoms with Crippen molar-refractivity contribution < 1.29 is 61.7 Å². The Morgan fingerprint density at radius 1 is 0.750 bits per heavy atom. The van der Waals surface area contributed by atoms with Crippen molar-refractivity contribution in [3.8, 4) is 0 Å². The molecule has 0 rings (SSSR count). The summed E-state index contributed by atoms with van der Waals surface area (Å²) in [5, 5.41) is 0. The van der Waals surface area contributed by atoms with Gasteiger partial charge in [0.25, 0.3) is 0 Å². The standard InChI is InChI=1S/C12H24O2.2Hg/c1-9(2)7-13-11(5)12(6)14-8-10(3)4;;/h9-12H,5-8H2,1-4H3;;. The van der Waals surface area contributed by atoms with Crippen LogP contribution in [-0.2, 0) is 61.7 Å². The molecule has 0 fully saturated rings. The topological polar surface area (TPSA) is 18.5 Å². The van der Waals surface area contributed by atoms with Gasteiger partial charge in [0.2, 0.25) is 0 Å². The van der Waals surface area contributed by atoms with Crippen LogP contribution in [0.5, 0.6) is 0 Å². The van der Waals surface area contributed by atoms with Crippen molar-refractivity contribution in [3.63, 3.8) is 0 Å². The number of ether oxygens (including phenoxy) is 2. The Labute approximate surface area is 133 Å². The van der Waals surface area contributed by atoms with Crippen molar-refractivity contribution in [1.82, 2.24) is 0 Å². The second kappa shape index (κ2) is 10.7. The van der Waals surface area contributed by atoms with Crippen LogP contribution in [0.2, 0.25) is 7.86 Å². The minimum atomic E-state index is 0.391. The van der Waals surface area contributed by atoms with E-state index < -0.39 is 0 Å². The molecular weight excluding hydrogens is 577 g/mol. The molecule has 0 bridgehead atoms. The second-order valence-electron chi connectivity index (χ2n) is 5.11. The van der Waals surface area contributed by atoms with E-state index in [1.807, 2.05) is 0 Å². The summed E-state index contributed by atoms with van der Waals surface area (Å²) in [5.41, 5.74) is 0. The molecule has 2 unspecified atom stereocenters. The van der Waals surface area contributed by atoms with Crippen molar-refractivity contribution >= 4 is 0 Å². The molecule has 0 saturated carbocycles. The molecule has 0 N–H and O–H groups in total. The van der Waals surface area contributed by atoms with Crippen molar-refractivity contribution in [3.05, 3.63) is 0 Å². The molecule has 0 aromatic rings. The predicted molar refractivity (Wildman–Crippen MR) is 58.8 cm³/mol. The Hall–Kier alpha value is 1.79. The fraction of sp³-hybridized carbons (Fsp3) is 1.00. The van der Waals surface area contributed by atoms with Gasteiger partial charge in [-0.25, -0.2) is 0 Å². The molecule has 0 saturated heterocycles. The first-order valence-electron chi connectivity index (χ1n) is 6.32. The van der Waals surface area contributed by atoms with Gasteiger partial charge in [-0.1, -0.05) is 0 Å². The van der Waals surface area contributed by atoms with Crippen LogP contribution in [0.1, 0.15) is 27.7 Å². The molecule has 0 aliphatic rings. The Morgan fingerprint density at radius 2 is 1.06 bits per heavy atom. The summed E-state index contributed by atoms with van der Waals surface area (Å²) in [4.78, 5) is 0. The maximum absolute atomic E-state index is 5.99. The monoisotopic (exact) mass is 604 g/mol. The second-order valence-corrected chi connectivity index (χ2v) is 9.60. The Bertz CT molecular complexity index is 145. The van der Waals surface area contributed by atoms with Crippen LogP contribution in [0.25, 0.3) is 0 Å². The maximum atomic E-state index is 5.99. The van der Waals surface area contributed by atoms with Crippen molar-refractivity contribution in [2.75, 3.05) is 13.2 Å². The summed E-state index contributed by atoms with van der Waals surface area (Å²) < 4.78 is 14.5. The van der Waals surface area contributed by atoms with Gasteiger partial charge in [0.15, 0.2) is 0 Å². The van der Waals surface area contributed by atoms with Crippen LogP contribution in [-0.4, -0.2) is 25.4 Å². The Morgan fingerprint density at radius 3 is 1.25 bits per heavy atom. The van der Waals surface area contributed by atoms with Gasteiger partial charge in [0.05, 0.1) is 0 Å². The van der Waals surface area contributed by atoms with Gasteiger partial charge in [-0.2, -0.15) is 0 Å². The van der Waals surface area contributed by atoms with Gasteiger partial charge in [-0.3, -0.25) is 0 Å². The minimum absolute atomic E-state index is 0.391. The molecule has 0 aromatic heterocycles. The SMILES string of the molecule is CC(C)COC([CH2][Hg])C([CH2][Hg])OCC(C)C. The predicted octanol–water partition coefficient (Wildman–Crippen LogP) is 3.00. The number of hydrogen-bond donors (Lipinski definition) is 0. The number of hydrogen-bond acceptors (Lipinski definition) is 2. The van der Waals surface area contributed by atoms with Gasteiger partial charge < -0.3 is 0 Å². The third-order valence-corrected chi connectivity index (χ3v) is 6.70. The van der Waals surface area contributed by atoms with Crippen LogP contribution in [0, 0.1) is 11.8 Å². The third-order valence-electron chi connectivity index (χ3n) is 2.27. The molecule has 0 aliphatic carbocycles. The van der Waals surface area contributed by atoms with Crippen LogP contribution in [0.15, 0.2) is 0 Å².